The van der Waals surface area contributed by atoms with Gasteiger partial charge in [-0.05, 0) is 18.7 Å². The molecule has 1 rings (SSSR count). The van der Waals surface area contributed by atoms with Crippen molar-refractivity contribution in [2.45, 2.75) is 38.5 Å². The maximum absolute atomic E-state index is 12.5. The first kappa shape index (κ1) is 5.63. The van der Waals surface area contributed by atoms with Crippen LogP contribution in [0.3, 0.4) is 0 Å². The molecule has 0 radical (unpaired) electrons. The van der Waals surface area contributed by atoms with E-state index in [1.807, 2.05) is 0 Å². The minimum absolute atomic E-state index is 0.104. The predicted molar refractivity (Wildman–Crippen MR) is 32.6 cm³/mol. The third-order valence-electron chi connectivity index (χ3n) is 1.84. The summed E-state index contributed by atoms with van der Waals surface area (Å²) in [5.41, 5.74) is 0. The van der Waals surface area contributed by atoms with E-state index in [2.05, 4.69) is 0 Å². The van der Waals surface area contributed by atoms with Crippen LogP contribution in [0.2, 0.25) is 0 Å². The molecule has 1 fully saturated rings. The van der Waals surface area contributed by atoms with Crippen LogP contribution in [-0.4, -0.2) is 5.92 Å². The third-order valence-corrected chi connectivity index (χ3v) is 1.84. The van der Waals surface area contributed by atoms with Crippen LogP contribution in [0.4, 0.5) is 8.78 Å². The monoisotopic (exact) mass is 135 g/mol. The molecule has 0 bridgehead atoms. The second-order valence-electron chi connectivity index (χ2n) is 2.81. The van der Waals surface area contributed by atoms with Gasteiger partial charge in [0.2, 0.25) is 5.92 Å². The SMILES string of the molecule is [2H]C1(C)CCC(F)(F)CC1. The fraction of sp³-hybridized carbons (Fsp3) is 1.00. The number of hydrogen-bond donors (Lipinski definition) is 0. The summed E-state index contributed by atoms with van der Waals surface area (Å²) in [6.07, 6.45) is 0.458. The van der Waals surface area contributed by atoms with Crippen molar-refractivity contribution in [3.05, 3.63) is 0 Å². The van der Waals surface area contributed by atoms with E-state index in [4.69, 9.17) is 1.37 Å². The Balaban J connectivity index is 2.46. The smallest absolute Gasteiger partial charge is 0.207 e. The van der Waals surface area contributed by atoms with E-state index >= 15 is 0 Å². The number of hydrogen-bond acceptors (Lipinski definition) is 0. The molecule has 0 spiro atoms. The van der Waals surface area contributed by atoms with E-state index < -0.39 is 11.8 Å². The van der Waals surface area contributed by atoms with Crippen LogP contribution in [0.25, 0.3) is 0 Å². The van der Waals surface area contributed by atoms with Gasteiger partial charge in [-0.25, -0.2) is 8.78 Å². The Hall–Kier alpha value is -0.140. The fourth-order valence-corrected chi connectivity index (χ4v) is 1.04. The maximum atomic E-state index is 12.5. The fourth-order valence-electron chi connectivity index (χ4n) is 1.04. The van der Waals surface area contributed by atoms with Crippen LogP contribution < -0.4 is 0 Å². The molecule has 0 unspecified atom stereocenters. The van der Waals surface area contributed by atoms with E-state index in [0.29, 0.717) is 12.8 Å². The Kier molecular flexibility index (Phi) is 1.40. The molecule has 0 saturated heterocycles. The topological polar surface area (TPSA) is 0 Å². The first-order chi connectivity index (χ1) is 4.41. The molecule has 0 aromatic rings. The van der Waals surface area contributed by atoms with Crippen molar-refractivity contribution in [1.29, 1.82) is 0 Å². The summed E-state index contributed by atoms with van der Waals surface area (Å²) >= 11 is 0. The molecule has 9 heavy (non-hydrogen) atoms. The van der Waals surface area contributed by atoms with Gasteiger partial charge in [0.25, 0.3) is 0 Å². The molecule has 1 aliphatic carbocycles. The van der Waals surface area contributed by atoms with Crippen LogP contribution in [0.1, 0.15) is 34.0 Å². The molecule has 0 amide bonds. The molecule has 0 heterocycles. The molecule has 54 valence electrons. The van der Waals surface area contributed by atoms with E-state index in [9.17, 15) is 8.78 Å². The highest BCUT2D eigenvalue weighted by Crippen LogP contribution is 2.35. The molecule has 2 heteroatoms. The maximum Gasteiger partial charge on any atom is 0.248 e. The van der Waals surface area contributed by atoms with E-state index in [0.717, 1.165) is 0 Å². The zero-order valence-corrected chi connectivity index (χ0v) is 5.58. The summed E-state index contributed by atoms with van der Waals surface area (Å²) in [6.45, 7) is 1.72. The highest BCUT2D eigenvalue weighted by molar-refractivity contribution is 4.74. The summed E-state index contributed by atoms with van der Waals surface area (Å²) < 4.78 is 32.4. The lowest BCUT2D eigenvalue weighted by Crippen LogP contribution is -2.23. The molecule has 0 aromatic heterocycles. The van der Waals surface area contributed by atoms with Crippen molar-refractivity contribution in [3.63, 3.8) is 0 Å². The van der Waals surface area contributed by atoms with E-state index in [1.54, 1.807) is 6.92 Å². The first-order valence-electron chi connectivity index (χ1n) is 3.79. The zero-order chi connectivity index (χ0) is 7.83. The second-order valence-corrected chi connectivity index (χ2v) is 2.81. The average molecular weight is 135 g/mol. The lowest BCUT2D eigenvalue weighted by atomic mass is 9.88. The van der Waals surface area contributed by atoms with Crippen molar-refractivity contribution in [2.24, 2.45) is 5.89 Å². The zero-order valence-electron chi connectivity index (χ0n) is 6.58. The lowest BCUT2D eigenvalue weighted by molar-refractivity contribution is -0.0438. The Labute approximate surface area is 55.7 Å². The first-order valence-corrected chi connectivity index (χ1v) is 3.29. The van der Waals surface area contributed by atoms with Gasteiger partial charge in [0.05, 0.1) is 0 Å². The van der Waals surface area contributed by atoms with Crippen molar-refractivity contribution >= 4 is 0 Å². The predicted octanol–water partition coefficient (Wildman–Crippen LogP) is 2.83. The van der Waals surface area contributed by atoms with Crippen LogP contribution in [0.5, 0.6) is 0 Å². The standard InChI is InChI=1S/C7H12F2/c1-6-2-4-7(8,9)5-3-6/h6H,2-5H2,1H3/i6D. The van der Waals surface area contributed by atoms with Crippen molar-refractivity contribution in [1.82, 2.24) is 0 Å². The summed E-state index contributed by atoms with van der Waals surface area (Å²) in [7, 11) is 0. The molecule has 0 atom stereocenters. The number of rotatable bonds is 0. The summed E-state index contributed by atoms with van der Waals surface area (Å²) in [5.74, 6) is -3.08. The van der Waals surface area contributed by atoms with Crippen molar-refractivity contribution in [2.75, 3.05) is 0 Å². The largest absolute Gasteiger partial charge is 0.248 e. The van der Waals surface area contributed by atoms with Gasteiger partial charge in [-0.3, -0.25) is 0 Å². The van der Waals surface area contributed by atoms with Crippen LogP contribution in [-0.2, 0) is 0 Å². The number of halogens is 2. The van der Waals surface area contributed by atoms with Gasteiger partial charge in [0.1, 0.15) is 0 Å². The van der Waals surface area contributed by atoms with E-state index in [-0.39, 0.29) is 12.8 Å². The molecule has 1 aliphatic rings. The summed E-state index contributed by atoms with van der Waals surface area (Å²) in [4.78, 5) is 0. The van der Waals surface area contributed by atoms with Gasteiger partial charge in [0, 0.05) is 14.2 Å². The average Bonchev–Trinajstić information content (AvgIpc) is 1.79. The molecule has 0 nitrogen and oxygen atoms in total. The van der Waals surface area contributed by atoms with Gasteiger partial charge in [-0.15, -0.1) is 0 Å². The van der Waals surface area contributed by atoms with Crippen LogP contribution >= 0.6 is 0 Å². The summed E-state index contributed by atoms with van der Waals surface area (Å²) in [5, 5.41) is 0. The van der Waals surface area contributed by atoms with Gasteiger partial charge in [0.15, 0.2) is 0 Å². The highest BCUT2D eigenvalue weighted by Gasteiger charge is 2.32. The normalized spacial score (nSPS) is 33.4. The van der Waals surface area contributed by atoms with Crippen LogP contribution in [0.15, 0.2) is 0 Å². The Bertz CT molecular complexity index is 104. The van der Waals surface area contributed by atoms with Crippen molar-refractivity contribution < 1.29 is 10.2 Å². The van der Waals surface area contributed by atoms with Gasteiger partial charge in [-0.2, -0.15) is 0 Å². The summed E-state index contributed by atoms with van der Waals surface area (Å²) in [6, 6.07) is 0. The Morgan fingerprint density at radius 3 is 2.22 bits per heavy atom. The van der Waals surface area contributed by atoms with Crippen molar-refractivity contribution in [3.8, 4) is 0 Å². The molecule has 0 aliphatic heterocycles. The lowest BCUT2D eigenvalue weighted by Gasteiger charge is -2.25. The van der Waals surface area contributed by atoms with E-state index in [1.165, 1.54) is 0 Å². The molecule has 0 aromatic carbocycles. The molecule has 0 N–H and O–H groups in total. The Morgan fingerprint density at radius 1 is 1.44 bits per heavy atom. The Morgan fingerprint density at radius 2 is 1.89 bits per heavy atom. The third kappa shape index (κ3) is 1.92. The van der Waals surface area contributed by atoms with Gasteiger partial charge in [-0.1, -0.05) is 6.92 Å². The quantitative estimate of drug-likeness (QED) is 0.479. The van der Waals surface area contributed by atoms with Gasteiger partial charge >= 0.3 is 0 Å². The molecular weight excluding hydrogens is 122 g/mol. The molecule has 1 saturated carbocycles. The van der Waals surface area contributed by atoms with Gasteiger partial charge < -0.3 is 0 Å². The highest BCUT2D eigenvalue weighted by atomic mass is 19.3. The van der Waals surface area contributed by atoms with Crippen LogP contribution in [0, 0.1) is 5.89 Å². The minimum atomic E-state index is -2.49. The second kappa shape index (κ2) is 2.24. The molecular formula is C7H12F2. The minimum Gasteiger partial charge on any atom is -0.207 e. The number of alkyl halides is 2.